The summed E-state index contributed by atoms with van der Waals surface area (Å²) >= 11 is 0. The van der Waals surface area contributed by atoms with Crippen LogP contribution in [0.2, 0.25) is 0 Å². The fourth-order valence-corrected chi connectivity index (χ4v) is 2.94. The smallest absolute Gasteiger partial charge is 0.225 e. The summed E-state index contributed by atoms with van der Waals surface area (Å²) in [5.74, 6) is 0.344. The van der Waals surface area contributed by atoms with Crippen molar-refractivity contribution in [2.75, 3.05) is 13.7 Å². The van der Waals surface area contributed by atoms with Gasteiger partial charge < -0.3 is 15.4 Å². The Morgan fingerprint density at radius 1 is 1.50 bits per heavy atom. The Kier molecular flexibility index (Phi) is 3.22. The lowest BCUT2D eigenvalue weighted by Crippen LogP contribution is -2.50. The van der Waals surface area contributed by atoms with Crippen molar-refractivity contribution in [1.82, 2.24) is 10.6 Å². The Morgan fingerprint density at radius 3 is 2.75 bits per heavy atom. The van der Waals surface area contributed by atoms with E-state index in [1.165, 1.54) is 6.42 Å². The third-order valence-corrected chi connectivity index (χ3v) is 3.60. The zero-order chi connectivity index (χ0) is 11.8. The number of hydrogen-bond donors (Lipinski definition) is 2. The second-order valence-corrected chi connectivity index (χ2v) is 5.70. The second-order valence-electron chi connectivity index (χ2n) is 5.70. The largest absolute Gasteiger partial charge is 0.382 e. The monoisotopic (exact) mass is 226 g/mol. The predicted molar refractivity (Wildman–Crippen MR) is 62.2 cm³/mol. The molecule has 2 aliphatic rings. The molecule has 0 radical (unpaired) electrons. The molecule has 0 aromatic heterocycles. The molecule has 3 unspecified atom stereocenters. The maximum absolute atomic E-state index is 12.1. The number of rotatable bonds is 4. The summed E-state index contributed by atoms with van der Waals surface area (Å²) in [5.41, 5.74) is -0.270. The molecule has 2 fully saturated rings. The average molecular weight is 226 g/mol. The third-order valence-electron chi connectivity index (χ3n) is 3.60. The van der Waals surface area contributed by atoms with Gasteiger partial charge in [0.1, 0.15) is 0 Å². The van der Waals surface area contributed by atoms with E-state index in [1.807, 2.05) is 13.8 Å². The van der Waals surface area contributed by atoms with Crippen LogP contribution in [0.3, 0.4) is 0 Å². The molecule has 16 heavy (non-hydrogen) atoms. The van der Waals surface area contributed by atoms with E-state index in [-0.39, 0.29) is 17.4 Å². The van der Waals surface area contributed by atoms with E-state index in [2.05, 4.69) is 10.6 Å². The molecule has 2 bridgehead atoms. The van der Waals surface area contributed by atoms with Crippen LogP contribution >= 0.6 is 0 Å². The first kappa shape index (κ1) is 11.9. The number of ether oxygens (including phenoxy) is 1. The minimum absolute atomic E-state index is 0.162. The standard InChI is InChI=1S/C12H22N2O2/c1-12(2,7-16-3)14-11(15)9-6-8-4-5-10(9)13-8/h8-10,13H,4-7H2,1-3H3,(H,14,15). The zero-order valence-electron chi connectivity index (χ0n) is 10.4. The third kappa shape index (κ3) is 2.38. The van der Waals surface area contributed by atoms with Gasteiger partial charge in [0.2, 0.25) is 5.91 Å². The number of methoxy groups -OCH3 is 1. The van der Waals surface area contributed by atoms with E-state index in [0.717, 1.165) is 12.8 Å². The molecule has 2 heterocycles. The first-order valence-corrected chi connectivity index (χ1v) is 6.09. The summed E-state index contributed by atoms with van der Waals surface area (Å²) in [7, 11) is 1.66. The SMILES string of the molecule is COCC(C)(C)NC(=O)C1CC2CCC1N2. The van der Waals surface area contributed by atoms with Crippen LogP contribution in [0, 0.1) is 5.92 Å². The van der Waals surface area contributed by atoms with Crippen LogP contribution in [0.25, 0.3) is 0 Å². The molecular formula is C12H22N2O2. The summed E-state index contributed by atoms with van der Waals surface area (Å²) in [5, 5.41) is 6.56. The van der Waals surface area contributed by atoms with Crippen molar-refractivity contribution < 1.29 is 9.53 Å². The quantitative estimate of drug-likeness (QED) is 0.740. The lowest BCUT2D eigenvalue weighted by atomic mass is 9.88. The Labute approximate surface area is 97.1 Å². The van der Waals surface area contributed by atoms with Crippen molar-refractivity contribution in [2.45, 2.75) is 50.7 Å². The van der Waals surface area contributed by atoms with E-state index in [0.29, 0.717) is 18.7 Å². The second kappa shape index (κ2) is 4.34. The Bertz CT molecular complexity index is 278. The molecule has 4 nitrogen and oxygen atoms in total. The minimum Gasteiger partial charge on any atom is -0.382 e. The molecule has 2 aliphatic heterocycles. The van der Waals surface area contributed by atoms with Crippen molar-refractivity contribution >= 4 is 5.91 Å². The number of fused-ring (bicyclic) bond motifs is 2. The molecule has 2 saturated heterocycles. The van der Waals surface area contributed by atoms with E-state index >= 15 is 0 Å². The summed E-state index contributed by atoms with van der Waals surface area (Å²) in [6.45, 7) is 4.54. The van der Waals surface area contributed by atoms with Gasteiger partial charge in [-0.25, -0.2) is 0 Å². The van der Waals surface area contributed by atoms with E-state index in [1.54, 1.807) is 7.11 Å². The van der Waals surface area contributed by atoms with Gasteiger partial charge in [-0.05, 0) is 33.1 Å². The van der Waals surface area contributed by atoms with E-state index < -0.39 is 0 Å². The molecule has 3 atom stereocenters. The number of carbonyl (C=O) groups is 1. The summed E-state index contributed by atoms with van der Waals surface area (Å²) in [6.07, 6.45) is 3.38. The van der Waals surface area contributed by atoms with Crippen molar-refractivity contribution in [1.29, 1.82) is 0 Å². The first-order chi connectivity index (χ1) is 7.52. The van der Waals surface area contributed by atoms with Crippen LogP contribution in [-0.4, -0.2) is 37.2 Å². The molecule has 0 aromatic rings. The van der Waals surface area contributed by atoms with Crippen molar-refractivity contribution in [3.8, 4) is 0 Å². The lowest BCUT2D eigenvalue weighted by molar-refractivity contribution is -0.127. The molecule has 0 aromatic carbocycles. The number of nitrogens with one attached hydrogen (secondary N) is 2. The van der Waals surface area contributed by atoms with Gasteiger partial charge in [0, 0.05) is 19.2 Å². The van der Waals surface area contributed by atoms with Crippen molar-refractivity contribution in [3.63, 3.8) is 0 Å². The summed E-state index contributed by atoms with van der Waals surface area (Å²) in [4.78, 5) is 12.1. The predicted octanol–water partition coefficient (Wildman–Crippen LogP) is 0.668. The van der Waals surface area contributed by atoms with Crippen LogP contribution in [0.15, 0.2) is 0 Å². The van der Waals surface area contributed by atoms with Crippen LogP contribution in [-0.2, 0) is 9.53 Å². The van der Waals surface area contributed by atoms with Gasteiger partial charge in [0.25, 0.3) is 0 Å². The molecule has 4 heteroatoms. The van der Waals surface area contributed by atoms with Gasteiger partial charge in [-0.1, -0.05) is 0 Å². The van der Waals surface area contributed by atoms with E-state index in [9.17, 15) is 4.79 Å². The van der Waals surface area contributed by atoms with Gasteiger partial charge in [-0.3, -0.25) is 4.79 Å². The lowest BCUT2D eigenvalue weighted by Gasteiger charge is -2.29. The van der Waals surface area contributed by atoms with Gasteiger partial charge >= 0.3 is 0 Å². The van der Waals surface area contributed by atoms with E-state index in [4.69, 9.17) is 4.74 Å². The van der Waals surface area contributed by atoms with Crippen molar-refractivity contribution in [3.05, 3.63) is 0 Å². The molecule has 1 amide bonds. The molecule has 0 saturated carbocycles. The summed E-state index contributed by atoms with van der Waals surface area (Å²) in [6, 6.07) is 0.981. The van der Waals surface area contributed by atoms with Gasteiger partial charge in [0.05, 0.1) is 18.1 Å². The molecule has 0 aliphatic carbocycles. The maximum atomic E-state index is 12.1. The number of hydrogen-bond acceptors (Lipinski definition) is 3. The highest BCUT2D eigenvalue weighted by Gasteiger charge is 2.43. The summed E-state index contributed by atoms with van der Waals surface area (Å²) < 4.78 is 5.10. The van der Waals surface area contributed by atoms with Gasteiger partial charge in [0.15, 0.2) is 0 Å². The average Bonchev–Trinajstić information content (AvgIpc) is 2.77. The number of carbonyl (C=O) groups excluding carboxylic acids is 1. The van der Waals surface area contributed by atoms with Crippen LogP contribution in [0.1, 0.15) is 33.1 Å². The highest BCUT2D eigenvalue weighted by molar-refractivity contribution is 5.80. The Morgan fingerprint density at radius 2 is 2.25 bits per heavy atom. The topological polar surface area (TPSA) is 50.4 Å². The molecule has 2 rings (SSSR count). The Hall–Kier alpha value is -0.610. The van der Waals surface area contributed by atoms with Crippen LogP contribution < -0.4 is 10.6 Å². The normalized spacial score (nSPS) is 33.1. The van der Waals surface area contributed by atoms with Gasteiger partial charge in [-0.15, -0.1) is 0 Å². The van der Waals surface area contributed by atoms with Crippen molar-refractivity contribution in [2.24, 2.45) is 5.92 Å². The minimum atomic E-state index is -0.270. The number of amides is 1. The highest BCUT2D eigenvalue weighted by atomic mass is 16.5. The molecule has 2 N–H and O–H groups in total. The molecule has 92 valence electrons. The fourth-order valence-electron chi connectivity index (χ4n) is 2.94. The fraction of sp³-hybridized carbons (Fsp3) is 0.917. The Balaban J connectivity index is 1.89. The molecule has 0 spiro atoms. The van der Waals surface area contributed by atoms with Crippen LogP contribution in [0.4, 0.5) is 0 Å². The first-order valence-electron chi connectivity index (χ1n) is 6.09. The zero-order valence-corrected chi connectivity index (χ0v) is 10.4. The highest BCUT2D eigenvalue weighted by Crippen LogP contribution is 2.33. The molecular weight excluding hydrogens is 204 g/mol. The van der Waals surface area contributed by atoms with Gasteiger partial charge in [-0.2, -0.15) is 0 Å². The van der Waals surface area contributed by atoms with Crippen LogP contribution in [0.5, 0.6) is 0 Å². The maximum Gasteiger partial charge on any atom is 0.225 e.